The molecule has 50 heavy (non-hydrogen) atoms. The lowest BCUT2D eigenvalue weighted by molar-refractivity contribution is -0.270. The molecule has 8 nitrogen and oxygen atoms in total. The number of halogens is 10. The molecule has 2 amide bonds. The molecule has 6 aliphatic rings. The van der Waals surface area contributed by atoms with E-state index < -0.39 is 71.2 Å². The minimum atomic E-state index is -4.80. The van der Waals surface area contributed by atoms with Gasteiger partial charge in [-0.05, 0) is 87.1 Å². The van der Waals surface area contributed by atoms with Gasteiger partial charge in [-0.15, -0.1) is 0 Å². The van der Waals surface area contributed by atoms with Gasteiger partial charge in [-0.2, -0.15) is 26.3 Å². The highest BCUT2D eigenvalue weighted by molar-refractivity contribution is 6.36. The summed E-state index contributed by atoms with van der Waals surface area (Å²) in [6.07, 6.45) is -14.9. The molecule has 6 aliphatic heterocycles. The lowest BCUT2D eigenvalue weighted by atomic mass is 9.77. The molecular weight excluding hydrogens is 764 g/mol. The third-order valence-electron chi connectivity index (χ3n) is 10.1. The van der Waals surface area contributed by atoms with Crippen LogP contribution in [0.3, 0.4) is 0 Å². The molecule has 6 heterocycles. The Morgan fingerprint density at radius 3 is 1.28 bits per heavy atom. The Balaban J connectivity index is 0.000000157. The Kier molecular flexibility index (Phi) is 8.16. The third kappa shape index (κ3) is 4.88. The molecule has 272 valence electrons. The number of hydrogen-bond acceptors (Lipinski definition) is 6. The van der Waals surface area contributed by atoms with Crippen LogP contribution in [0.5, 0.6) is 0 Å². The summed E-state index contributed by atoms with van der Waals surface area (Å²) in [6.45, 7) is 5.71. The molecule has 4 fully saturated rings. The molecule has 18 heteroatoms. The van der Waals surface area contributed by atoms with Gasteiger partial charge in [0.1, 0.15) is 12.2 Å². The van der Waals surface area contributed by atoms with Crippen molar-refractivity contribution >= 4 is 58.2 Å². The van der Waals surface area contributed by atoms with E-state index in [2.05, 4.69) is 0 Å². The molecule has 0 unspecified atom stereocenters. The first kappa shape index (κ1) is 36.3. The van der Waals surface area contributed by atoms with Gasteiger partial charge in [0, 0.05) is 33.2 Å². The highest BCUT2D eigenvalue weighted by Crippen LogP contribution is 2.61. The first-order valence-electron chi connectivity index (χ1n) is 15.4. The van der Waals surface area contributed by atoms with Crippen molar-refractivity contribution < 1.29 is 54.9 Å². The summed E-state index contributed by atoms with van der Waals surface area (Å²) in [5.74, 6) is -4.05. The molecule has 0 saturated carbocycles. The van der Waals surface area contributed by atoms with Crippen molar-refractivity contribution in [2.24, 2.45) is 0 Å². The second kappa shape index (κ2) is 11.2. The number of alkyl halides is 6. The lowest BCUT2D eigenvalue weighted by Gasteiger charge is -2.47. The van der Waals surface area contributed by atoms with E-state index in [-0.39, 0.29) is 57.1 Å². The number of carbonyl (C=O) groups is 2. The fourth-order valence-corrected chi connectivity index (χ4v) is 9.58. The summed E-state index contributed by atoms with van der Waals surface area (Å²) in [7, 11) is 0. The number of fused-ring (bicyclic) bond motifs is 10. The summed E-state index contributed by atoms with van der Waals surface area (Å²) in [6, 6.07) is 5.28. The zero-order valence-corrected chi connectivity index (χ0v) is 29.6. The number of hydrogen-bond donors (Lipinski definition) is 0. The first-order chi connectivity index (χ1) is 23.0. The predicted octanol–water partition coefficient (Wildman–Crippen LogP) is 7.34. The number of benzene rings is 2. The van der Waals surface area contributed by atoms with Crippen molar-refractivity contribution in [2.45, 2.75) is 100.0 Å². The van der Waals surface area contributed by atoms with Crippen LogP contribution in [0.2, 0.25) is 20.1 Å². The minimum Gasteiger partial charge on any atom is -0.341 e. The zero-order valence-electron chi connectivity index (χ0n) is 26.6. The van der Waals surface area contributed by atoms with Crippen LogP contribution in [0.25, 0.3) is 0 Å². The largest absolute Gasteiger partial charge is 0.418 e. The van der Waals surface area contributed by atoms with Crippen molar-refractivity contribution in [2.75, 3.05) is 13.1 Å². The number of rotatable bonds is 0. The monoisotopic (exact) mass is 790 g/mol. The van der Waals surface area contributed by atoms with Gasteiger partial charge in [0.15, 0.2) is 34.9 Å². The predicted molar refractivity (Wildman–Crippen MR) is 167 cm³/mol. The average molecular weight is 792 g/mol. The summed E-state index contributed by atoms with van der Waals surface area (Å²) in [5, 5.41) is 0.450. The minimum absolute atomic E-state index is 0.0725. The molecule has 0 aliphatic carbocycles. The van der Waals surface area contributed by atoms with Crippen molar-refractivity contribution in [1.29, 1.82) is 0 Å². The van der Waals surface area contributed by atoms with Crippen molar-refractivity contribution in [3.05, 3.63) is 66.6 Å². The average Bonchev–Trinajstić information content (AvgIpc) is 3.62. The molecule has 0 aromatic heterocycles. The van der Waals surface area contributed by atoms with E-state index >= 15 is 0 Å². The molecule has 4 saturated heterocycles. The van der Waals surface area contributed by atoms with Gasteiger partial charge in [-0.1, -0.05) is 46.4 Å². The summed E-state index contributed by atoms with van der Waals surface area (Å²) >= 11 is 24.3. The van der Waals surface area contributed by atoms with Gasteiger partial charge in [0.25, 0.3) is 11.8 Å². The van der Waals surface area contributed by atoms with E-state index in [1.165, 1.54) is 52.0 Å². The Hall–Kier alpha value is -2.04. The lowest BCUT2D eigenvalue weighted by Crippen LogP contribution is -2.62. The number of amides is 2. The Morgan fingerprint density at radius 1 is 0.620 bits per heavy atom. The van der Waals surface area contributed by atoms with Crippen LogP contribution < -0.4 is 0 Å². The van der Waals surface area contributed by atoms with Gasteiger partial charge >= 0.3 is 12.4 Å². The highest BCUT2D eigenvalue weighted by atomic mass is 35.5. The molecule has 8 rings (SSSR count). The van der Waals surface area contributed by atoms with Crippen LogP contribution in [0.1, 0.15) is 49.9 Å². The van der Waals surface area contributed by atoms with Crippen molar-refractivity contribution in [3.8, 4) is 0 Å². The molecule has 2 aromatic carbocycles. The van der Waals surface area contributed by atoms with Gasteiger partial charge in [-0.25, -0.2) is 0 Å². The number of carbonyl (C=O) groups excluding carboxylic acids is 2. The Bertz CT molecular complexity index is 1690. The summed E-state index contributed by atoms with van der Waals surface area (Å²) < 4.78 is 109. The van der Waals surface area contributed by atoms with Gasteiger partial charge in [-0.3, -0.25) is 9.59 Å². The van der Waals surface area contributed by atoms with E-state index in [0.717, 1.165) is 9.80 Å². The normalized spacial score (nSPS) is 33.2. The third-order valence-corrected chi connectivity index (χ3v) is 11.2. The van der Waals surface area contributed by atoms with Gasteiger partial charge in [0.05, 0.1) is 0 Å². The van der Waals surface area contributed by atoms with Gasteiger partial charge < -0.3 is 28.7 Å². The fraction of sp³-hybridized carbons (Fsp3) is 0.562. The van der Waals surface area contributed by atoms with Crippen molar-refractivity contribution in [1.82, 2.24) is 9.80 Å². The maximum Gasteiger partial charge on any atom is 0.418 e. The summed E-state index contributed by atoms with van der Waals surface area (Å²) in [4.78, 5) is 27.0. The van der Waals surface area contributed by atoms with Crippen LogP contribution in [-0.2, 0) is 52.5 Å². The Labute approximate surface area is 301 Å². The SMILES string of the molecule is CC1(C)O[C@H]2C(=O)N3CCc4c(Cl)cc(Cl)cc4[C@@]3(C(F)(F)F)[C@H]2O1.CC1(C)O[C@H]2C(=O)N3CCc4c(Cl)cc(Cl)cc4[C@@]3(C(F)(F)F)[C@H]2O1. The Morgan fingerprint density at radius 2 is 0.960 bits per heavy atom. The molecule has 0 spiro atoms. The zero-order chi connectivity index (χ0) is 36.7. The molecule has 6 atom stereocenters. The first-order valence-corrected chi connectivity index (χ1v) is 16.9. The quantitative estimate of drug-likeness (QED) is 0.260. The van der Waals surface area contributed by atoms with E-state index in [4.69, 9.17) is 65.4 Å². The number of nitrogens with zero attached hydrogens (tertiary/aromatic N) is 2. The van der Waals surface area contributed by atoms with Crippen molar-refractivity contribution in [3.63, 3.8) is 0 Å². The molecular formula is C32H28Cl4F6N2O6. The van der Waals surface area contributed by atoms with Crippen LogP contribution in [0, 0.1) is 0 Å². The standard InChI is InChI=1S/2C16H14Cl2F3NO3/c2*1-14(2)24-11-12(25-14)15(16(19,20)21)9-5-7(17)6-10(18)8(9)3-4-22(15)13(11)23/h2*5-6,11-12H,3-4H2,1-2H3/t2*11-,12+,15+/m11/s1. The second-order valence-electron chi connectivity index (χ2n) is 13.8. The van der Waals surface area contributed by atoms with E-state index in [9.17, 15) is 35.9 Å². The molecule has 0 N–H and O–H groups in total. The molecule has 2 aromatic rings. The van der Waals surface area contributed by atoms with Crippen LogP contribution in [0.15, 0.2) is 24.3 Å². The smallest absolute Gasteiger partial charge is 0.341 e. The van der Waals surface area contributed by atoms with E-state index in [1.807, 2.05) is 0 Å². The van der Waals surface area contributed by atoms with Crippen LogP contribution >= 0.6 is 46.4 Å². The topological polar surface area (TPSA) is 77.5 Å². The second-order valence-corrected chi connectivity index (χ2v) is 15.5. The van der Waals surface area contributed by atoms with Crippen LogP contribution in [-0.4, -0.2) is 83.0 Å². The van der Waals surface area contributed by atoms with Gasteiger partial charge in [0.2, 0.25) is 0 Å². The molecule has 0 radical (unpaired) electrons. The summed E-state index contributed by atoms with van der Waals surface area (Å²) in [5.41, 5.74) is -4.92. The van der Waals surface area contributed by atoms with E-state index in [1.54, 1.807) is 0 Å². The fourth-order valence-electron chi connectivity index (χ4n) is 8.40. The number of ether oxygens (including phenoxy) is 4. The highest BCUT2D eigenvalue weighted by Gasteiger charge is 2.79. The van der Waals surface area contributed by atoms with Crippen LogP contribution in [0.4, 0.5) is 26.3 Å². The van der Waals surface area contributed by atoms with E-state index in [0.29, 0.717) is 11.1 Å². The maximum atomic E-state index is 14.5. The maximum absolute atomic E-state index is 14.5. The molecule has 0 bridgehead atoms.